The van der Waals surface area contributed by atoms with E-state index in [4.69, 9.17) is 5.84 Å². The lowest BCUT2D eigenvalue weighted by atomic mass is 9.76. The van der Waals surface area contributed by atoms with Gasteiger partial charge in [0.15, 0.2) is 23.3 Å². The number of hydrogen-bond acceptors (Lipinski definition) is 2. The van der Waals surface area contributed by atoms with Gasteiger partial charge in [0.05, 0.1) is 6.04 Å². The molecule has 1 aliphatic rings. The van der Waals surface area contributed by atoms with Gasteiger partial charge in [-0.2, -0.15) is 0 Å². The fourth-order valence-electron chi connectivity index (χ4n) is 3.13. The Kier molecular flexibility index (Phi) is 4.83. The molecule has 1 aliphatic carbocycles. The first-order valence-electron chi connectivity index (χ1n) is 6.85. The van der Waals surface area contributed by atoms with E-state index in [9.17, 15) is 22.0 Å². The van der Waals surface area contributed by atoms with Gasteiger partial charge in [0.25, 0.3) is 0 Å². The number of hydrazine groups is 1. The summed E-state index contributed by atoms with van der Waals surface area (Å²) in [5.41, 5.74) is 1.36. The van der Waals surface area contributed by atoms with Crippen molar-refractivity contribution >= 4 is 0 Å². The fraction of sp³-hybridized carbons (Fsp3) is 0.571. The maximum Gasteiger partial charge on any atom is 0.200 e. The molecule has 1 aromatic carbocycles. The molecule has 1 saturated carbocycles. The van der Waals surface area contributed by atoms with Gasteiger partial charge in [0.1, 0.15) is 0 Å². The van der Waals surface area contributed by atoms with Crippen LogP contribution in [0, 0.1) is 40.9 Å². The fourth-order valence-corrected chi connectivity index (χ4v) is 3.13. The summed E-state index contributed by atoms with van der Waals surface area (Å²) in [6.07, 6.45) is 3.05. The van der Waals surface area contributed by atoms with Crippen LogP contribution in [0.4, 0.5) is 22.0 Å². The van der Waals surface area contributed by atoms with Crippen molar-refractivity contribution in [1.29, 1.82) is 0 Å². The summed E-state index contributed by atoms with van der Waals surface area (Å²) in [5.74, 6) is -4.27. The van der Waals surface area contributed by atoms with Gasteiger partial charge in [0, 0.05) is 5.56 Å². The molecule has 1 aromatic rings. The Labute approximate surface area is 119 Å². The van der Waals surface area contributed by atoms with Crippen LogP contribution in [-0.2, 0) is 0 Å². The number of halogens is 5. The maximum absolute atomic E-state index is 13.9. The van der Waals surface area contributed by atoms with Gasteiger partial charge >= 0.3 is 0 Å². The number of hydrogen-bond donors (Lipinski definition) is 2. The monoisotopic (exact) mass is 308 g/mol. The van der Waals surface area contributed by atoms with E-state index in [1.165, 1.54) is 0 Å². The molecule has 1 fully saturated rings. The van der Waals surface area contributed by atoms with E-state index in [1.807, 2.05) is 6.92 Å². The first-order chi connectivity index (χ1) is 9.88. The first kappa shape index (κ1) is 16.2. The van der Waals surface area contributed by atoms with Crippen molar-refractivity contribution in [2.24, 2.45) is 17.7 Å². The summed E-state index contributed by atoms with van der Waals surface area (Å²) in [7, 11) is 0. The highest BCUT2D eigenvalue weighted by atomic mass is 19.2. The van der Waals surface area contributed by atoms with Gasteiger partial charge in [0.2, 0.25) is 5.82 Å². The van der Waals surface area contributed by atoms with E-state index in [0.717, 1.165) is 12.8 Å². The van der Waals surface area contributed by atoms with Crippen LogP contribution >= 0.6 is 0 Å². The molecular formula is C14H17F5N2. The topological polar surface area (TPSA) is 38.0 Å². The second-order valence-electron chi connectivity index (χ2n) is 5.66. The normalized spacial score (nSPS) is 24.1. The van der Waals surface area contributed by atoms with Crippen LogP contribution in [0.25, 0.3) is 0 Å². The Morgan fingerprint density at radius 1 is 0.952 bits per heavy atom. The molecule has 0 aliphatic heterocycles. The molecule has 3 unspecified atom stereocenters. The van der Waals surface area contributed by atoms with Crippen LogP contribution in [0.15, 0.2) is 0 Å². The summed E-state index contributed by atoms with van der Waals surface area (Å²) in [4.78, 5) is 0. The predicted octanol–water partition coefficient (Wildman–Crippen LogP) is 3.71. The first-order valence-corrected chi connectivity index (χ1v) is 6.85. The second kappa shape index (κ2) is 6.27. The van der Waals surface area contributed by atoms with Gasteiger partial charge < -0.3 is 0 Å². The lowest BCUT2D eigenvalue weighted by Gasteiger charge is -2.33. The van der Waals surface area contributed by atoms with Crippen molar-refractivity contribution < 1.29 is 22.0 Å². The number of benzene rings is 1. The molecule has 0 bridgehead atoms. The largest absolute Gasteiger partial charge is 0.271 e. The third-order valence-corrected chi connectivity index (χ3v) is 4.18. The Morgan fingerprint density at radius 3 is 1.95 bits per heavy atom. The molecule has 118 valence electrons. The summed E-state index contributed by atoms with van der Waals surface area (Å²) in [5, 5.41) is 0. The Morgan fingerprint density at radius 2 is 1.48 bits per heavy atom. The van der Waals surface area contributed by atoms with Crippen molar-refractivity contribution in [1.82, 2.24) is 5.43 Å². The highest BCUT2D eigenvalue weighted by molar-refractivity contribution is 5.27. The zero-order valence-electron chi connectivity index (χ0n) is 11.5. The van der Waals surface area contributed by atoms with Crippen LogP contribution in [0.2, 0.25) is 0 Å². The second-order valence-corrected chi connectivity index (χ2v) is 5.66. The highest BCUT2D eigenvalue weighted by Gasteiger charge is 2.35. The highest BCUT2D eigenvalue weighted by Crippen LogP contribution is 2.39. The molecule has 3 atom stereocenters. The quantitative estimate of drug-likeness (QED) is 0.294. The van der Waals surface area contributed by atoms with Gasteiger partial charge in [-0.15, -0.1) is 0 Å². The number of nitrogens with two attached hydrogens (primary N) is 1. The van der Waals surface area contributed by atoms with Crippen LogP contribution in [-0.4, -0.2) is 0 Å². The summed E-state index contributed by atoms with van der Waals surface area (Å²) in [6.45, 7) is 1.98. The Hall–Kier alpha value is -1.21. The van der Waals surface area contributed by atoms with Gasteiger partial charge in [-0.1, -0.05) is 19.8 Å². The van der Waals surface area contributed by atoms with E-state index in [2.05, 4.69) is 5.43 Å². The smallest absolute Gasteiger partial charge is 0.200 e. The Bertz CT molecular complexity index is 506. The minimum absolute atomic E-state index is 0.271. The average Bonchev–Trinajstić information content (AvgIpc) is 2.47. The Balaban J connectivity index is 2.47. The SMILES string of the molecule is CC1CCCC(C(NN)c2c(F)c(F)c(F)c(F)c2F)C1. The van der Waals surface area contributed by atoms with E-state index in [0.29, 0.717) is 18.8 Å². The molecule has 2 nitrogen and oxygen atoms in total. The van der Waals surface area contributed by atoms with E-state index >= 15 is 0 Å². The van der Waals surface area contributed by atoms with Crippen LogP contribution < -0.4 is 11.3 Å². The zero-order valence-corrected chi connectivity index (χ0v) is 11.5. The molecule has 0 radical (unpaired) electrons. The lowest BCUT2D eigenvalue weighted by Crippen LogP contribution is -2.37. The van der Waals surface area contributed by atoms with Crippen LogP contribution in [0.1, 0.15) is 44.2 Å². The van der Waals surface area contributed by atoms with E-state index < -0.39 is 40.7 Å². The minimum Gasteiger partial charge on any atom is -0.271 e. The lowest BCUT2D eigenvalue weighted by molar-refractivity contribution is 0.214. The number of rotatable bonds is 3. The molecule has 0 heterocycles. The molecular weight excluding hydrogens is 291 g/mol. The van der Waals surface area contributed by atoms with E-state index in [1.54, 1.807) is 0 Å². The molecule has 0 spiro atoms. The molecule has 3 N–H and O–H groups in total. The predicted molar refractivity (Wildman–Crippen MR) is 67.4 cm³/mol. The molecule has 0 amide bonds. The minimum atomic E-state index is -2.15. The summed E-state index contributed by atoms with van der Waals surface area (Å²) < 4.78 is 67.5. The average molecular weight is 308 g/mol. The van der Waals surface area contributed by atoms with Gasteiger partial charge in [-0.25, -0.2) is 22.0 Å². The van der Waals surface area contributed by atoms with Crippen molar-refractivity contribution in [3.8, 4) is 0 Å². The standard InChI is InChI=1S/C14H17F5N2/c1-6-3-2-4-7(5-6)14(21-20)8-9(15)11(17)13(19)12(18)10(8)16/h6-7,14,21H,2-5,20H2,1H3. The van der Waals surface area contributed by atoms with Crippen LogP contribution in [0.5, 0.6) is 0 Å². The third kappa shape index (κ3) is 2.89. The maximum atomic E-state index is 13.9. The third-order valence-electron chi connectivity index (χ3n) is 4.18. The summed E-state index contributed by atoms with van der Waals surface area (Å²) in [6, 6.07) is -1.10. The molecule has 0 saturated heterocycles. The molecule has 21 heavy (non-hydrogen) atoms. The van der Waals surface area contributed by atoms with Crippen molar-refractivity contribution in [3.05, 3.63) is 34.6 Å². The number of nitrogens with one attached hydrogen (secondary N) is 1. The van der Waals surface area contributed by atoms with Gasteiger partial charge in [-0.3, -0.25) is 11.3 Å². The molecule has 7 heteroatoms. The molecule has 2 rings (SSSR count). The molecule has 0 aromatic heterocycles. The van der Waals surface area contributed by atoms with Gasteiger partial charge in [-0.05, 0) is 24.7 Å². The van der Waals surface area contributed by atoms with E-state index in [-0.39, 0.29) is 5.92 Å². The van der Waals surface area contributed by atoms with Crippen LogP contribution in [0.3, 0.4) is 0 Å². The summed E-state index contributed by atoms with van der Waals surface area (Å²) >= 11 is 0. The van der Waals surface area contributed by atoms with Crippen molar-refractivity contribution in [2.45, 2.75) is 38.6 Å². The zero-order chi connectivity index (χ0) is 15.7. The van der Waals surface area contributed by atoms with Crippen molar-refractivity contribution in [3.63, 3.8) is 0 Å². The van der Waals surface area contributed by atoms with Crippen molar-refractivity contribution in [2.75, 3.05) is 0 Å².